The largest absolute Gasteiger partial charge is 0.497 e. The van der Waals surface area contributed by atoms with Crippen molar-refractivity contribution in [2.24, 2.45) is 0 Å². The number of nitrogens with two attached hydrogens (primary N) is 1. The van der Waals surface area contributed by atoms with Gasteiger partial charge in [-0.25, -0.2) is 0 Å². The molecule has 0 fully saturated rings. The Balaban J connectivity index is 2.10. The van der Waals surface area contributed by atoms with Crippen molar-refractivity contribution >= 4 is 17.4 Å². The van der Waals surface area contributed by atoms with Gasteiger partial charge in [0, 0.05) is 0 Å². The maximum absolute atomic E-state index is 5.88. The number of anilines is 1. The summed E-state index contributed by atoms with van der Waals surface area (Å²) in [6.07, 6.45) is 0. The molecule has 0 aliphatic heterocycles. The molecule has 5 nitrogen and oxygen atoms in total. The van der Waals surface area contributed by atoms with E-state index in [-0.39, 0.29) is 11.0 Å². The highest BCUT2D eigenvalue weighted by Gasteiger charge is 2.20. The number of hydrogen-bond donors (Lipinski definition) is 1. The second-order valence-corrected chi connectivity index (χ2v) is 4.48. The summed E-state index contributed by atoms with van der Waals surface area (Å²) in [5.41, 5.74) is 7.40. The lowest BCUT2D eigenvalue weighted by molar-refractivity contribution is 0.415. The van der Waals surface area contributed by atoms with Crippen LogP contribution in [0.15, 0.2) is 45.3 Å². The Bertz CT molecular complexity index is 731. The third-order valence-corrected chi connectivity index (χ3v) is 3.10. The summed E-state index contributed by atoms with van der Waals surface area (Å²) in [5.74, 6) is 1.97. The van der Waals surface area contributed by atoms with Crippen LogP contribution in [-0.4, -0.2) is 12.3 Å². The molecular formula is C14H11ClN2O3. The van der Waals surface area contributed by atoms with Crippen LogP contribution in [0.5, 0.6) is 5.75 Å². The summed E-state index contributed by atoms with van der Waals surface area (Å²) in [5, 5.41) is 4.06. The highest BCUT2D eigenvalue weighted by Crippen LogP contribution is 2.38. The summed E-state index contributed by atoms with van der Waals surface area (Å²) >= 11 is 5.78. The summed E-state index contributed by atoms with van der Waals surface area (Å²) in [6, 6.07) is 10.7. The van der Waals surface area contributed by atoms with Crippen LogP contribution < -0.4 is 10.5 Å². The van der Waals surface area contributed by atoms with Gasteiger partial charge in [0.15, 0.2) is 16.8 Å². The Hall–Kier alpha value is -2.40. The van der Waals surface area contributed by atoms with Gasteiger partial charge in [-0.2, -0.15) is 0 Å². The zero-order chi connectivity index (χ0) is 14.1. The van der Waals surface area contributed by atoms with E-state index in [4.69, 9.17) is 31.0 Å². The first-order valence-corrected chi connectivity index (χ1v) is 6.22. The van der Waals surface area contributed by atoms with Gasteiger partial charge in [-0.3, -0.25) is 0 Å². The molecule has 0 bridgehead atoms. The van der Waals surface area contributed by atoms with Crippen LogP contribution >= 0.6 is 11.6 Å². The lowest BCUT2D eigenvalue weighted by Gasteiger charge is -2.03. The van der Waals surface area contributed by atoms with Crippen molar-refractivity contribution in [2.45, 2.75) is 0 Å². The van der Waals surface area contributed by atoms with Gasteiger partial charge in [0.05, 0.1) is 12.7 Å². The van der Waals surface area contributed by atoms with Gasteiger partial charge in [0.25, 0.3) is 0 Å². The van der Waals surface area contributed by atoms with Gasteiger partial charge >= 0.3 is 0 Å². The lowest BCUT2D eigenvalue weighted by atomic mass is 10.0. The Morgan fingerprint density at radius 2 is 1.90 bits per heavy atom. The average molecular weight is 291 g/mol. The number of halogens is 1. The minimum atomic E-state index is 0.274. The molecule has 3 aromatic rings. The maximum atomic E-state index is 5.88. The number of benzene rings is 1. The lowest BCUT2D eigenvalue weighted by Crippen LogP contribution is -1.89. The van der Waals surface area contributed by atoms with Crippen LogP contribution in [0.25, 0.3) is 22.6 Å². The monoisotopic (exact) mass is 290 g/mol. The molecule has 0 aliphatic carbocycles. The van der Waals surface area contributed by atoms with E-state index in [1.807, 2.05) is 24.3 Å². The van der Waals surface area contributed by atoms with E-state index in [1.54, 1.807) is 19.2 Å². The summed E-state index contributed by atoms with van der Waals surface area (Å²) in [7, 11) is 1.61. The normalized spacial score (nSPS) is 10.7. The smallest absolute Gasteiger partial charge is 0.212 e. The Morgan fingerprint density at radius 3 is 2.50 bits per heavy atom. The molecule has 3 rings (SSSR count). The van der Waals surface area contributed by atoms with Crippen LogP contribution in [0, 0.1) is 0 Å². The van der Waals surface area contributed by atoms with E-state index in [2.05, 4.69) is 5.16 Å². The van der Waals surface area contributed by atoms with Crippen molar-refractivity contribution in [1.29, 1.82) is 0 Å². The third kappa shape index (κ3) is 2.12. The van der Waals surface area contributed by atoms with Gasteiger partial charge in [0.1, 0.15) is 5.75 Å². The highest BCUT2D eigenvalue weighted by atomic mass is 35.5. The van der Waals surface area contributed by atoms with Crippen molar-refractivity contribution < 1.29 is 13.7 Å². The number of furan rings is 1. The van der Waals surface area contributed by atoms with Gasteiger partial charge in [-0.05, 0) is 41.4 Å². The average Bonchev–Trinajstić information content (AvgIpc) is 3.05. The van der Waals surface area contributed by atoms with Crippen molar-refractivity contribution in [2.75, 3.05) is 12.8 Å². The van der Waals surface area contributed by atoms with E-state index in [9.17, 15) is 0 Å². The first-order chi connectivity index (χ1) is 9.69. The van der Waals surface area contributed by atoms with Crippen molar-refractivity contribution in [3.63, 3.8) is 0 Å². The second kappa shape index (κ2) is 4.94. The summed E-state index contributed by atoms with van der Waals surface area (Å²) < 4.78 is 15.7. The second-order valence-electron chi connectivity index (χ2n) is 4.10. The molecule has 102 valence electrons. The molecule has 0 radical (unpaired) electrons. The Labute approximate surface area is 119 Å². The molecule has 0 aliphatic rings. The van der Waals surface area contributed by atoms with Crippen LogP contribution in [0.4, 0.5) is 5.82 Å². The Kier molecular flexibility index (Phi) is 3.12. The molecule has 0 saturated heterocycles. The fourth-order valence-corrected chi connectivity index (χ4v) is 2.09. The van der Waals surface area contributed by atoms with Crippen molar-refractivity contribution in [1.82, 2.24) is 5.16 Å². The standard InChI is InChI=1S/C14H11ClN2O3/c1-18-9-4-2-8(3-5-9)12-13(20-17-14(12)16)10-6-7-11(15)19-10/h2-7H,1H3,(H2,16,17). The van der Waals surface area contributed by atoms with Gasteiger partial charge in [-0.15, -0.1) is 0 Å². The molecule has 2 heterocycles. The van der Waals surface area contributed by atoms with E-state index >= 15 is 0 Å². The number of ether oxygens (including phenoxy) is 1. The number of hydrogen-bond acceptors (Lipinski definition) is 5. The predicted octanol–water partition coefficient (Wildman–Crippen LogP) is 3.85. The molecule has 0 spiro atoms. The van der Waals surface area contributed by atoms with E-state index in [1.165, 1.54) is 0 Å². The quantitative estimate of drug-likeness (QED) is 0.793. The zero-order valence-corrected chi connectivity index (χ0v) is 11.3. The fourth-order valence-electron chi connectivity index (χ4n) is 1.94. The number of nitrogen functional groups attached to an aromatic ring is 1. The molecule has 0 saturated carbocycles. The zero-order valence-electron chi connectivity index (χ0n) is 10.6. The van der Waals surface area contributed by atoms with Gasteiger partial charge in [0.2, 0.25) is 5.76 Å². The molecule has 20 heavy (non-hydrogen) atoms. The van der Waals surface area contributed by atoms with E-state index in [0.717, 1.165) is 11.3 Å². The minimum absolute atomic E-state index is 0.274. The van der Waals surface area contributed by atoms with Crippen molar-refractivity contribution in [3.8, 4) is 28.4 Å². The number of methoxy groups -OCH3 is 1. The third-order valence-electron chi connectivity index (χ3n) is 2.89. The molecule has 1 aromatic carbocycles. The fraction of sp³-hybridized carbons (Fsp3) is 0.0714. The van der Waals surface area contributed by atoms with Crippen molar-refractivity contribution in [3.05, 3.63) is 41.6 Å². The highest BCUT2D eigenvalue weighted by molar-refractivity contribution is 6.29. The molecule has 0 unspecified atom stereocenters. The molecule has 2 N–H and O–H groups in total. The van der Waals surface area contributed by atoms with Crippen LogP contribution in [0.1, 0.15) is 0 Å². The SMILES string of the molecule is COc1ccc(-c2c(N)noc2-c2ccc(Cl)o2)cc1. The molecular weight excluding hydrogens is 280 g/mol. The number of nitrogens with zero attached hydrogens (tertiary/aromatic N) is 1. The summed E-state index contributed by atoms with van der Waals surface area (Å²) in [6.45, 7) is 0. The Morgan fingerprint density at radius 1 is 1.15 bits per heavy atom. The predicted molar refractivity (Wildman–Crippen MR) is 75.6 cm³/mol. The number of aromatic nitrogens is 1. The molecule has 2 aromatic heterocycles. The van der Waals surface area contributed by atoms with Gasteiger partial charge < -0.3 is 19.4 Å². The summed E-state index contributed by atoms with van der Waals surface area (Å²) in [4.78, 5) is 0. The van der Waals surface area contributed by atoms with Crippen LogP contribution in [0.2, 0.25) is 5.22 Å². The first-order valence-electron chi connectivity index (χ1n) is 5.84. The first kappa shape index (κ1) is 12.6. The minimum Gasteiger partial charge on any atom is -0.497 e. The van der Waals surface area contributed by atoms with E-state index < -0.39 is 0 Å². The topological polar surface area (TPSA) is 74.4 Å². The molecule has 6 heteroatoms. The maximum Gasteiger partial charge on any atom is 0.212 e. The molecule has 0 atom stereocenters. The number of rotatable bonds is 3. The molecule has 0 amide bonds. The van der Waals surface area contributed by atoms with E-state index in [0.29, 0.717) is 17.1 Å². The van der Waals surface area contributed by atoms with Crippen LogP contribution in [-0.2, 0) is 0 Å². The van der Waals surface area contributed by atoms with Gasteiger partial charge in [-0.1, -0.05) is 17.3 Å². The van der Waals surface area contributed by atoms with Crippen LogP contribution in [0.3, 0.4) is 0 Å².